The maximum Gasteiger partial charge on any atom is 0.0569 e. The minimum absolute atomic E-state index is 0.316. The monoisotopic (exact) mass is 173 g/mol. The molecule has 0 amide bonds. The molecule has 72 valence electrons. The molecular formula is C9H19NO2. The van der Waals surface area contributed by atoms with Crippen LogP contribution < -0.4 is 0 Å². The quantitative estimate of drug-likeness (QED) is 0.290. The van der Waals surface area contributed by atoms with Gasteiger partial charge in [0.05, 0.1) is 6.10 Å². The predicted molar refractivity (Wildman–Crippen MR) is 49.8 cm³/mol. The van der Waals surface area contributed by atoms with Crippen LogP contribution in [-0.4, -0.2) is 24.1 Å². The van der Waals surface area contributed by atoms with Crippen molar-refractivity contribution in [1.82, 2.24) is 0 Å². The Kier molecular flexibility index (Phi) is 6.76. The molecule has 0 fully saturated rings. The smallest absolute Gasteiger partial charge is 0.0569 e. The molecule has 0 aromatic rings. The summed E-state index contributed by atoms with van der Waals surface area (Å²) in [6.45, 7) is 7.09. The maximum atomic E-state index is 8.09. The lowest BCUT2D eigenvalue weighted by molar-refractivity contribution is 0.0349. The molecule has 3 heteroatoms. The lowest BCUT2D eigenvalue weighted by atomic mass is 10.1. The Hall–Kier alpha value is -0.570. The molecule has 0 bridgehead atoms. The van der Waals surface area contributed by atoms with E-state index in [9.17, 15) is 0 Å². The van der Waals surface area contributed by atoms with Crippen LogP contribution in [0.1, 0.15) is 33.6 Å². The van der Waals surface area contributed by atoms with Gasteiger partial charge in [-0.1, -0.05) is 13.8 Å². The highest BCUT2D eigenvalue weighted by Gasteiger charge is 2.05. The first-order valence-corrected chi connectivity index (χ1v) is 4.46. The molecule has 1 atom stereocenters. The van der Waals surface area contributed by atoms with Crippen LogP contribution in [0.4, 0.5) is 0 Å². The van der Waals surface area contributed by atoms with Crippen LogP contribution in [-0.2, 0) is 4.74 Å². The van der Waals surface area contributed by atoms with E-state index in [-0.39, 0.29) is 0 Å². The third-order valence-corrected chi connectivity index (χ3v) is 1.88. The van der Waals surface area contributed by atoms with Crippen molar-refractivity contribution in [2.24, 2.45) is 11.1 Å². The third kappa shape index (κ3) is 6.16. The molecule has 0 aromatic heterocycles. The molecule has 12 heavy (non-hydrogen) atoms. The molecule has 0 spiro atoms. The Balaban J connectivity index is 3.19. The summed E-state index contributed by atoms with van der Waals surface area (Å²) >= 11 is 0. The van der Waals surface area contributed by atoms with Gasteiger partial charge in [0, 0.05) is 12.8 Å². The summed E-state index contributed by atoms with van der Waals surface area (Å²) in [4.78, 5) is 0. The van der Waals surface area contributed by atoms with Crippen molar-refractivity contribution >= 4 is 6.21 Å². The van der Waals surface area contributed by atoms with Gasteiger partial charge in [0.25, 0.3) is 0 Å². The number of hydrogen-bond acceptors (Lipinski definition) is 3. The van der Waals surface area contributed by atoms with Crippen LogP contribution in [0.15, 0.2) is 5.16 Å². The Bertz CT molecular complexity index is 124. The molecule has 0 unspecified atom stereocenters. The minimum atomic E-state index is 0.316. The zero-order valence-electron chi connectivity index (χ0n) is 8.16. The number of nitrogens with zero attached hydrogens (tertiary/aromatic N) is 1. The summed E-state index contributed by atoms with van der Waals surface area (Å²) in [7, 11) is 0. The molecule has 0 aliphatic heterocycles. The molecule has 1 N–H and O–H groups in total. The topological polar surface area (TPSA) is 41.8 Å². The van der Waals surface area contributed by atoms with Crippen LogP contribution >= 0.6 is 0 Å². The van der Waals surface area contributed by atoms with Gasteiger partial charge in [0.15, 0.2) is 0 Å². The van der Waals surface area contributed by atoms with Crippen molar-refractivity contribution in [2.45, 2.75) is 39.7 Å². The van der Waals surface area contributed by atoms with Crippen LogP contribution in [0.25, 0.3) is 0 Å². The number of oxime groups is 1. The van der Waals surface area contributed by atoms with E-state index in [1.807, 2.05) is 0 Å². The molecule has 0 aliphatic rings. The summed E-state index contributed by atoms with van der Waals surface area (Å²) in [5.74, 6) is 0.566. The van der Waals surface area contributed by atoms with Crippen LogP contribution in [0.3, 0.4) is 0 Å². The number of rotatable bonds is 6. The Labute approximate surface area is 74.4 Å². The van der Waals surface area contributed by atoms with Crippen molar-refractivity contribution in [3.05, 3.63) is 0 Å². The molecular weight excluding hydrogens is 154 g/mol. The van der Waals surface area contributed by atoms with Crippen LogP contribution in [0.2, 0.25) is 0 Å². The predicted octanol–water partition coefficient (Wildman–Crippen LogP) is 2.29. The SMILES string of the molecule is CC(C)[C@@H](C)OCCC/C=N/O. The third-order valence-electron chi connectivity index (χ3n) is 1.88. The van der Waals surface area contributed by atoms with Crippen LogP contribution in [0, 0.1) is 5.92 Å². The fourth-order valence-corrected chi connectivity index (χ4v) is 0.694. The Morgan fingerprint density at radius 1 is 1.42 bits per heavy atom. The van der Waals surface area contributed by atoms with E-state index in [1.54, 1.807) is 0 Å². The van der Waals surface area contributed by atoms with E-state index in [2.05, 4.69) is 25.9 Å². The van der Waals surface area contributed by atoms with Crippen molar-refractivity contribution in [3.8, 4) is 0 Å². The van der Waals surface area contributed by atoms with Crippen LogP contribution in [0.5, 0.6) is 0 Å². The normalized spacial score (nSPS) is 14.3. The summed E-state index contributed by atoms with van der Waals surface area (Å²) in [5, 5.41) is 11.0. The van der Waals surface area contributed by atoms with Gasteiger partial charge in [0.1, 0.15) is 0 Å². The lowest BCUT2D eigenvalue weighted by Crippen LogP contribution is -2.15. The highest BCUT2D eigenvalue weighted by atomic mass is 16.5. The van der Waals surface area contributed by atoms with Crippen molar-refractivity contribution in [3.63, 3.8) is 0 Å². The van der Waals surface area contributed by atoms with Crippen molar-refractivity contribution in [2.75, 3.05) is 6.61 Å². The average Bonchev–Trinajstić information content (AvgIpc) is 2.03. The molecule has 0 aliphatic carbocycles. The highest BCUT2D eigenvalue weighted by Crippen LogP contribution is 2.05. The van der Waals surface area contributed by atoms with E-state index in [4.69, 9.17) is 9.94 Å². The molecule has 0 aromatic carbocycles. The van der Waals surface area contributed by atoms with E-state index < -0.39 is 0 Å². The molecule has 0 rings (SSSR count). The first kappa shape index (κ1) is 11.4. The standard InChI is InChI=1S/C9H19NO2/c1-8(2)9(3)12-7-5-4-6-10-11/h6,8-9,11H,4-5,7H2,1-3H3/b10-6+/t9-/m1/s1. The van der Waals surface area contributed by atoms with E-state index in [0.29, 0.717) is 12.0 Å². The molecule has 0 saturated heterocycles. The number of ether oxygens (including phenoxy) is 1. The first-order valence-electron chi connectivity index (χ1n) is 4.46. The average molecular weight is 173 g/mol. The Morgan fingerprint density at radius 2 is 2.08 bits per heavy atom. The largest absolute Gasteiger partial charge is 0.411 e. The second kappa shape index (κ2) is 7.10. The van der Waals surface area contributed by atoms with Gasteiger partial charge < -0.3 is 9.94 Å². The van der Waals surface area contributed by atoms with Gasteiger partial charge in [-0.15, -0.1) is 5.16 Å². The summed E-state index contributed by atoms with van der Waals surface area (Å²) in [6, 6.07) is 0. The summed E-state index contributed by atoms with van der Waals surface area (Å²) in [5.41, 5.74) is 0. The lowest BCUT2D eigenvalue weighted by Gasteiger charge is -2.15. The summed E-state index contributed by atoms with van der Waals surface area (Å²) in [6.07, 6.45) is 3.50. The summed E-state index contributed by atoms with van der Waals surface area (Å²) < 4.78 is 5.51. The van der Waals surface area contributed by atoms with Gasteiger partial charge in [0.2, 0.25) is 0 Å². The first-order chi connectivity index (χ1) is 5.68. The van der Waals surface area contributed by atoms with Crippen molar-refractivity contribution in [1.29, 1.82) is 0 Å². The zero-order valence-corrected chi connectivity index (χ0v) is 8.16. The minimum Gasteiger partial charge on any atom is -0.411 e. The van der Waals surface area contributed by atoms with E-state index >= 15 is 0 Å². The molecule has 0 radical (unpaired) electrons. The van der Waals surface area contributed by atoms with Gasteiger partial charge >= 0.3 is 0 Å². The van der Waals surface area contributed by atoms with Crippen molar-refractivity contribution < 1.29 is 9.94 Å². The fourth-order valence-electron chi connectivity index (χ4n) is 0.694. The second-order valence-corrected chi connectivity index (χ2v) is 3.26. The Morgan fingerprint density at radius 3 is 2.58 bits per heavy atom. The fraction of sp³-hybridized carbons (Fsp3) is 0.889. The van der Waals surface area contributed by atoms with Gasteiger partial charge in [-0.2, -0.15) is 0 Å². The number of hydrogen-bond donors (Lipinski definition) is 1. The van der Waals surface area contributed by atoms with Gasteiger partial charge in [-0.3, -0.25) is 0 Å². The molecule has 0 heterocycles. The van der Waals surface area contributed by atoms with Gasteiger partial charge in [-0.05, 0) is 25.7 Å². The molecule has 0 saturated carbocycles. The van der Waals surface area contributed by atoms with Gasteiger partial charge in [-0.25, -0.2) is 0 Å². The second-order valence-electron chi connectivity index (χ2n) is 3.26. The van der Waals surface area contributed by atoms with E-state index in [0.717, 1.165) is 19.4 Å². The zero-order chi connectivity index (χ0) is 9.40. The van der Waals surface area contributed by atoms with E-state index in [1.165, 1.54) is 6.21 Å². The highest BCUT2D eigenvalue weighted by molar-refractivity contribution is 5.55. The molecule has 3 nitrogen and oxygen atoms in total. The maximum absolute atomic E-state index is 8.09. The number of unbranched alkanes of at least 4 members (excludes halogenated alkanes) is 1.